The zero-order valence-corrected chi connectivity index (χ0v) is 12.2. The highest BCUT2D eigenvalue weighted by atomic mass is 16.5. The molecule has 0 radical (unpaired) electrons. The van der Waals surface area contributed by atoms with Crippen molar-refractivity contribution in [1.82, 2.24) is 4.90 Å². The van der Waals surface area contributed by atoms with Gasteiger partial charge in [-0.15, -0.1) is 0 Å². The Morgan fingerprint density at radius 1 is 1.43 bits per heavy atom. The van der Waals surface area contributed by atoms with Crippen LogP contribution < -0.4 is 10.1 Å². The molecule has 1 heterocycles. The van der Waals surface area contributed by atoms with Crippen molar-refractivity contribution in [1.29, 1.82) is 0 Å². The molecule has 1 saturated heterocycles. The summed E-state index contributed by atoms with van der Waals surface area (Å²) in [6.07, 6.45) is 0. The van der Waals surface area contributed by atoms with Crippen molar-refractivity contribution in [2.75, 3.05) is 32.1 Å². The maximum atomic E-state index is 12.0. The Kier molecular flexibility index (Phi) is 4.80. The van der Waals surface area contributed by atoms with Crippen molar-refractivity contribution in [3.8, 4) is 5.75 Å². The van der Waals surface area contributed by atoms with Crippen LogP contribution in [-0.4, -0.2) is 48.6 Å². The van der Waals surface area contributed by atoms with Crippen LogP contribution in [0.15, 0.2) is 24.3 Å². The van der Waals surface area contributed by atoms with Gasteiger partial charge in [0, 0.05) is 13.1 Å². The van der Waals surface area contributed by atoms with E-state index in [9.17, 15) is 9.59 Å². The summed E-state index contributed by atoms with van der Waals surface area (Å²) in [4.78, 5) is 24.8. The third-order valence-electron chi connectivity index (χ3n) is 3.83. The number of nitrogens with one attached hydrogen (secondary N) is 1. The van der Waals surface area contributed by atoms with Crippen LogP contribution in [0.5, 0.6) is 5.75 Å². The van der Waals surface area contributed by atoms with Crippen LogP contribution in [0, 0.1) is 11.8 Å². The minimum absolute atomic E-state index is 0.124. The van der Waals surface area contributed by atoms with E-state index in [1.165, 1.54) is 0 Å². The third-order valence-corrected chi connectivity index (χ3v) is 3.83. The fraction of sp³-hybridized carbons (Fsp3) is 0.467. The summed E-state index contributed by atoms with van der Waals surface area (Å²) >= 11 is 0. The van der Waals surface area contributed by atoms with Gasteiger partial charge < -0.3 is 15.2 Å². The molecule has 1 atom stereocenters. The molecule has 0 saturated carbocycles. The van der Waals surface area contributed by atoms with E-state index in [-0.39, 0.29) is 24.3 Å². The molecule has 114 valence electrons. The molecule has 1 fully saturated rings. The van der Waals surface area contributed by atoms with Gasteiger partial charge in [0.05, 0.1) is 25.3 Å². The molecule has 1 amide bonds. The second-order valence-corrected chi connectivity index (χ2v) is 5.33. The van der Waals surface area contributed by atoms with E-state index in [1.54, 1.807) is 26.2 Å². The summed E-state index contributed by atoms with van der Waals surface area (Å²) in [6.45, 7) is 3.26. The van der Waals surface area contributed by atoms with Gasteiger partial charge in [-0.2, -0.15) is 0 Å². The number of aliphatic carboxylic acids is 1. The molecule has 0 aromatic heterocycles. The number of benzene rings is 1. The lowest BCUT2D eigenvalue weighted by Gasteiger charge is -2.40. The summed E-state index contributed by atoms with van der Waals surface area (Å²) in [5.41, 5.74) is 0.640. The highest BCUT2D eigenvalue weighted by Gasteiger charge is 2.35. The predicted octanol–water partition coefficient (Wildman–Crippen LogP) is 1.29. The zero-order valence-electron chi connectivity index (χ0n) is 12.2. The number of carboxylic acids is 1. The SMILES string of the molecule is COc1ccccc1NC(=O)CN1CC(C(C)C(=O)O)C1. The van der Waals surface area contributed by atoms with Crippen LogP contribution in [0.4, 0.5) is 5.69 Å². The summed E-state index contributed by atoms with van der Waals surface area (Å²) in [6, 6.07) is 7.22. The number of ether oxygens (including phenoxy) is 1. The first kappa shape index (κ1) is 15.3. The molecule has 1 aromatic rings. The van der Waals surface area contributed by atoms with Crippen LogP contribution in [-0.2, 0) is 9.59 Å². The Morgan fingerprint density at radius 2 is 2.10 bits per heavy atom. The molecule has 2 rings (SSSR count). The van der Waals surface area contributed by atoms with Crippen LogP contribution in [0.2, 0.25) is 0 Å². The standard InChI is InChI=1S/C15H20N2O4/c1-10(15(19)20)11-7-17(8-11)9-14(18)16-12-5-3-4-6-13(12)21-2/h3-6,10-11H,7-9H2,1-2H3,(H,16,18)(H,19,20). The number of rotatable bonds is 6. The van der Waals surface area contributed by atoms with Crippen molar-refractivity contribution >= 4 is 17.6 Å². The monoisotopic (exact) mass is 292 g/mol. The van der Waals surface area contributed by atoms with Crippen LogP contribution in [0.3, 0.4) is 0 Å². The quantitative estimate of drug-likeness (QED) is 0.826. The molecular formula is C15H20N2O4. The molecule has 0 bridgehead atoms. The fourth-order valence-corrected chi connectivity index (χ4v) is 2.40. The summed E-state index contributed by atoms with van der Waals surface area (Å²) in [7, 11) is 1.55. The van der Waals surface area contributed by atoms with Gasteiger partial charge in [-0.05, 0) is 18.1 Å². The molecule has 1 aromatic carbocycles. The van der Waals surface area contributed by atoms with Gasteiger partial charge >= 0.3 is 5.97 Å². The number of carbonyl (C=O) groups excluding carboxylic acids is 1. The molecule has 1 unspecified atom stereocenters. The number of nitrogens with zero attached hydrogens (tertiary/aromatic N) is 1. The van der Waals surface area contributed by atoms with Gasteiger partial charge in [-0.25, -0.2) is 0 Å². The number of methoxy groups -OCH3 is 1. The summed E-state index contributed by atoms with van der Waals surface area (Å²) in [5.74, 6) is -0.522. The van der Waals surface area contributed by atoms with E-state index in [1.807, 2.05) is 17.0 Å². The Bertz CT molecular complexity index is 526. The van der Waals surface area contributed by atoms with Crippen LogP contribution >= 0.6 is 0 Å². The summed E-state index contributed by atoms with van der Waals surface area (Å²) < 4.78 is 5.17. The molecule has 0 aliphatic carbocycles. The Balaban J connectivity index is 1.80. The van der Waals surface area contributed by atoms with Crippen LogP contribution in [0.25, 0.3) is 0 Å². The van der Waals surface area contributed by atoms with Crippen LogP contribution in [0.1, 0.15) is 6.92 Å². The third kappa shape index (κ3) is 3.72. The summed E-state index contributed by atoms with van der Waals surface area (Å²) in [5, 5.41) is 11.7. The fourth-order valence-electron chi connectivity index (χ4n) is 2.40. The van der Waals surface area contributed by atoms with E-state index in [4.69, 9.17) is 9.84 Å². The lowest BCUT2D eigenvalue weighted by atomic mass is 9.87. The van der Waals surface area contributed by atoms with E-state index >= 15 is 0 Å². The number of anilines is 1. The topological polar surface area (TPSA) is 78.9 Å². The average molecular weight is 292 g/mol. The number of para-hydroxylation sites is 2. The van der Waals surface area contributed by atoms with E-state index in [0.717, 1.165) is 0 Å². The molecule has 2 N–H and O–H groups in total. The smallest absolute Gasteiger partial charge is 0.306 e. The van der Waals surface area contributed by atoms with Gasteiger partial charge in [0.1, 0.15) is 5.75 Å². The van der Waals surface area contributed by atoms with E-state index < -0.39 is 5.97 Å². The van der Waals surface area contributed by atoms with Gasteiger partial charge in [0.25, 0.3) is 0 Å². The minimum atomic E-state index is -0.780. The normalized spacial score (nSPS) is 16.9. The van der Waals surface area contributed by atoms with Gasteiger partial charge in [0.2, 0.25) is 5.91 Å². The second-order valence-electron chi connectivity index (χ2n) is 5.33. The predicted molar refractivity (Wildman–Crippen MR) is 78.4 cm³/mol. The van der Waals surface area contributed by atoms with Gasteiger partial charge in [0.15, 0.2) is 0 Å². The van der Waals surface area contributed by atoms with Gasteiger partial charge in [-0.3, -0.25) is 14.5 Å². The maximum absolute atomic E-state index is 12.0. The first-order valence-corrected chi connectivity index (χ1v) is 6.89. The Morgan fingerprint density at radius 3 is 2.71 bits per heavy atom. The molecular weight excluding hydrogens is 272 g/mol. The zero-order chi connectivity index (χ0) is 15.4. The Hall–Kier alpha value is -2.08. The lowest BCUT2D eigenvalue weighted by Crippen LogP contribution is -2.53. The number of amides is 1. The van der Waals surface area contributed by atoms with Gasteiger partial charge in [-0.1, -0.05) is 19.1 Å². The minimum Gasteiger partial charge on any atom is -0.495 e. The maximum Gasteiger partial charge on any atom is 0.306 e. The average Bonchev–Trinajstić information content (AvgIpc) is 2.42. The number of carbonyl (C=O) groups is 2. The van der Waals surface area contributed by atoms with Crippen molar-refractivity contribution in [2.24, 2.45) is 11.8 Å². The van der Waals surface area contributed by atoms with E-state index in [2.05, 4.69) is 5.32 Å². The Labute approximate surface area is 123 Å². The second kappa shape index (κ2) is 6.58. The van der Waals surface area contributed by atoms with Crippen molar-refractivity contribution in [2.45, 2.75) is 6.92 Å². The van der Waals surface area contributed by atoms with E-state index in [0.29, 0.717) is 24.5 Å². The first-order chi connectivity index (χ1) is 10.0. The highest BCUT2D eigenvalue weighted by Crippen LogP contribution is 2.25. The lowest BCUT2D eigenvalue weighted by molar-refractivity contribution is -0.145. The number of hydrogen-bond acceptors (Lipinski definition) is 4. The molecule has 0 spiro atoms. The molecule has 1 aliphatic heterocycles. The molecule has 1 aliphatic rings. The highest BCUT2D eigenvalue weighted by molar-refractivity contribution is 5.93. The van der Waals surface area contributed by atoms with Crippen molar-refractivity contribution in [3.05, 3.63) is 24.3 Å². The molecule has 6 nitrogen and oxygen atoms in total. The number of carboxylic acid groups (broad SMARTS) is 1. The van der Waals surface area contributed by atoms with Crippen molar-refractivity contribution in [3.63, 3.8) is 0 Å². The number of likely N-dealkylation sites (tertiary alicyclic amines) is 1. The largest absolute Gasteiger partial charge is 0.495 e. The van der Waals surface area contributed by atoms with Crippen molar-refractivity contribution < 1.29 is 19.4 Å². The number of hydrogen-bond donors (Lipinski definition) is 2. The first-order valence-electron chi connectivity index (χ1n) is 6.89. The molecule has 6 heteroatoms. The molecule has 21 heavy (non-hydrogen) atoms.